The van der Waals surface area contributed by atoms with Gasteiger partial charge >= 0.3 is 0 Å². The maximum Gasteiger partial charge on any atom is 0.226 e. The Morgan fingerprint density at radius 2 is 1.81 bits per heavy atom. The molecule has 6 heteroatoms. The molecule has 0 aliphatic rings. The van der Waals surface area contributed by atoms with Crippen LogP contribution in [0.15, 0.2) is 53.0 Å². The van der Waals surface area contributed by atoms with Crippen LogP contribution in [0.5, 0.6) is 5.75 Å². The summed E-state index contributed by atoms with van der Waals surface area (Å²) in [6.45, 7) is 4.56. The minimum Gasteiger partial charge on any atom is -0.494 e. The van der Waals surface area contributed by atoms with E-state index in [-0.39, 0.29) is 5.91 Å². The van der Waals surface area contributed by atoms with E-state index in [0.29, 0.717) is 24.6 Å². The van der Waals surface area contributed by atoms with Crippen molar-refractivity contribution in [2.75, 3.05) is 11.9 Å². The number of hydrogen-bond donors (Lipinski definition) is 1. The van der Waals surface area contributed by atoms with Gasteiger partial charge in [-0.2, -0.15) is 0 Å². The number of nitrogens with zero attached hydrogens (tertiary/aromatic N) is 1. The highest BCUT2D eigenvalue weighted by Crippen LogP contribution is 2.31. The summed E-state index contributed by atoms with van der Waals surface area (Å²) in [7, 11) is 0. The summed E-state index contributed by atoms with van der Waals surface area (Å²) in [5.74, 6) is 0.786. The van der Waals surface area contributed by atoms with E-state index in [0.717, 1.165) is 26.4 Å². The number of nitrogens with one attached hydrogen (secondary N) is 1. The third kappa shape index (κ3) is 5.65. The first-order chi connectivity index (χ1) is 13.0. The monoisotopic (exact) mass is 444 g/mol. The molecule has 3 aromatic rings. The summed E-state index contributed by atoms with van der Waals surface area (Å²) in [5.41, 5.74) is 3.15. The van der Waals surface area contributed by atoms with Gasteiger partial charge in [-0.1, -0.05) is 45.8 Å². The van der Waals surface area contributed by atoms with Crippen LogP contribution >= 0.6 is 27.3 Å². The van der Waals surface area contributed by atoms with Gasteiger partial charge in [0.25, 0.3) is 0 Å². The number of ether oxygens (including phenoxy) is 1. The molecule has 0 radical (unpaired) electrons. The van der Waals surface area contributed by atoms with Gasteiger partial charge in [-0.25, -0.2) is 4.98 Å². The van der Waals surface area contributed by atoms with Crippen LogP contribution in [0.25, 0.3) is 11.3 Å². The number of carbonyl (C=O) groups excluding carboxylic acids is 1. The Labute approximate surface area is 171 Å². The molecule has 0 aliphatic carbocycles. The lowest BCUT2D eigenvalue weighted by Crippen LogP contribution is -2.12. The predicted octanol–water partition coefficient (Wildman–Crippen LogP) is 5.99. The molecule has 0 bridgehead atoms. The number of amides is 1. The summed E-state index contributed by atoms with van der Waals surface area (Å²) in [5, 5.41) is 3.53. The number of carbonyl (C=O) groups is 1. The molecule has 1 amide bonds. The molecule has 2 aromatic carbocycles. The van der Waals surface area contributed by atoms with Crippen molar-refractivity contribution < 1.29 is 9.53 Å². The third-order valence-electron chi connectivity index (χ3n) is 4.00. The SMILES string of the molecule is Cc1ccc(OCCCC(=O)Nc2nc(-c3ccc(Br)cc3)c(C)s2)cc1. The molecule has 0 saturated heterocycles. The van der Waals surface area contributed by atoms with E-state index in [1.54, 1.807) is 0 Å². The second-order valence-corrected chi connectivity index (χ2v) is 8.36. The van der Waals surface area contributed by atoms with Gasteiger partial charge in [0, 0.05) is 21.3 Å². The number of benzene rings is 2. The van der Waals surface area contributed by atoms with Crippen LogP contribution in [0.2, 0.25) is 0 Å². The fourth-order valence-corrected chi connectivity index (χ4v) is 3.68. The highest BCUT2D eigenvalue weighted by atomic mass is 79.9. The van der Waals surface area contributed by atoms with Gasteiger partial charge in [-0.15, -0.1) is 11.3 Å². The molecular formula is C21H21BrN2O2S. The summed E-state index contributed by atoms with van der Waals surface area (Å²) < 4.78 is 6.68. The van der Waals surface area contributed by atoms with Crippen molar-refractivity contribution in [3.63, 3.8) is 0 Å². The van der Waals surface area contributed by atoms with Gasteiger partial charge < -0.3 is 10.1 Å². The van der Waals surface area contributed by atoms with Crippen LogP contribution in [0, 0.1) is 13.8 Å². The Morgan fingerprint density at radius 1 is 1.11 bits per heavy atom. The van der Waals surface area contributed by atoms with Gasteiger partial charge in [0.15, 0.2) is 5.13 Å². The number of hydrogen-bond acceptors (Lipinski definition) is 4. The zero-order chi connectivity index (χ0) is 19.2. The first-order valence-electron chi connectivity index (χ1n) is 8.74. The summed E-state index contributed by atoms with van der Waals surface area (Å²) in [6, 6.07) is 15.9. The second-order valence-electron chi connectivity index (χ2n) is 6.24. The van der Waals surface area contributed by atoms with Crippen LogP contribution in [-0.2, 0) is 4.79 Å². The lowest BCUT2D eigenvalue weighted by atomic mass is 10.1. The fourth-order valence-electron chi connectivity index (χ4n) is 2.56. The molecule has 0 fully saturated rings. The Hall–Kier alpha value is -2.18. The maximum absolute atomic E-state index is 12.2. The summed E-state index contributed by atoms with van der Waals surface area (Å²) in [4.78, 5) is 17.8. The molecule has 0 unspecified atom stereocenters. The van der Waals surface area contributed by atoms with Crippen LogP contribution in [-0.4, -0.2) is 17.5 Å². The second kappa shape index (κ2) is 9.15. The standard InChI is InChI=1S/C21H21BrN2O2S/c1-14-5-11-18(12-6-14)26-13-3-4-19(25)23-21-24-20(15(2)27-21)16-7-9-17(22)10-8-16/h5-12H,3-4,13H2,1-2H3,(H,23,24,25). The Balaban J connectivity index is 1.48. The number of thiazole rings is 1. The molecule has 1 N–H and O–H groups in total. The smallest absolute Gasteiger partial charge is 0.226 e. The van der Waals surface area contributed by atoms with Crippen LogP contribution in [0.4, 0.5) is 5.13 Å². The van der Waals surface area contributed by atoms with Crippen molar-refractivity contribution in [1.29, 1.82) is 0 Å². The molecule has 140 valence electrons. The molecule has 4 nitrogen and oxygen atoms in total. The van der Waals surface area contributed by atoms with E-state index in [1.165, 1.54) is 16.9 Å². The van der Waals surface area contributed by atoms with Crippen molar-refractivity contribution in [2.24, 2.45) is 0 Å². The van der Waals surface area contributed by atoms with Gasteiger partial charge in [-0.05, 0) is 44.5 Å². The van der Waals surface area contributed by atoms with E-state index in [4.69, 9.17) is 4.74 Å². The van der Waals surface area contributed by atoms with E-state index >= 15 is 0 Å². The molecule has 3 rings (SSSR count). The minimum atomic E-state index is -0.0430. The van der Waals surface area contributed by atoms with E-state index < -0.39 is 0 Å². The lowest BCUT2D eigenvalue weighted by Gasteiger charge is -2.06. The first-order valence-corrected chi connectivity index (χ1v) is 10.3. The van der Waals surface area contributed by atoms with E-state index in [9.17, 15) is 4.79 Å². The number of aromatic nitrogens is 1. The molecular weight excluding hydrogens is 424 g/mol. The Bertz CT molecular complexity index is 905. The van der Waals surface area contributed by atoms with Crippen molar-refractivity contribution >= 4 is 38.3 Å². The van der Waals surface area contributed by atoms with Crippen molar-refractivity contribution in [3.8, 4) is 17.0 Å². The normalized spacial score (nSPS) is 10.6. The number of rotatable bonds is 7. The molecule has 0 saturated carbocycles. The average Bonchev–Trinajstić information content (AvgIpc) is 3.01. The van der Waals surface area contributed by atoms with Gasteiger partial charge in [0.05, 0.1) is 12.3 Å². The fraction of sp³-hybridized carbons (Fsp3) is 0.238. The van der Waals surface area contributed by atoms with E-state index in [1.807, 2.05) is 62.4 Å². The predicted molar refractivity (Wildman–Crippen MR) is 115 cm³/mol. The first kappa shape index (κ1) is 19.6. The average molecular weight is 445 g/mol. The van der Waals surface area contributed by atoms with Crippen molar-refractivity contribution in [1.82, 2.24) is 4.98 Å². The van der Waals surface area contributed by atoms with Crippen LogP contribution in [0.1, 0.15) is 23.3 Å². The van der Waals surface area contributed by atoms with Crippen LogP contribution in [0.3, 0.4) is 0 Å². The highest BCUT2D eigenvalue weighted by Gasteiger charge is 2.12. The van der Waals surface area contributed by atoms with E-state index in [2.05, 4.69) is 26.2 Å². The summed E-state index contributed by atoms with van der Waals surface area (Å²) >= 11 is 4.93. The van der Waals surface area contributed by atoms with Crippen LogP contribution < -0.4 is 10.1 Å². The highest BCUT2D eigenvalue weighted by molar-refractivity contribution is 9.10. The number of halogens is 1. The lowest BCUT2D eigenvalue weighted by molar-refractivity contribution is -0.116. The Kier molecular flexibility index (Phi) is 6.63. The van der Waals surface area contributed by atoms with Gasteiger partial charge in [0.2, 0.25) is 5.91 Å². The minimum absolute atomic E-state index is 0.0430. The summed E-state index contributed by atoms with van der Waals surface area (Å²) in [6.07, 6.45) is 1.06. The zero-order valence-corrected chi connectivity index (χ0v) is 17.7. The van der Waals surface area contributed by atoms with Gasteiger partial charge in [-0.3, -0.25) is 4.79 Å². The van der Waals surface area contributed by atoms with Crippen molar-refractivity contribution in [3.05, 3.63) is 63.4 Å². The Morgan fingerprint density at radius 3 is 2.52 bits per heavy atom. The van der Waals surface area contributed by atoms with Gasteiger partial charge in [0.1, 0.15) is 5.75 Å². The largest absolute Gasteiger partial charge is 0.494 e. The molecule has 0 atom stereocenters. The molecule has 0 aliphatic heterocycles. The molecule has 1 heterocycles. The topological polar surface area (TPSA) is 51.2 Å². The molecule has 27 heavy (non-hydrogen) atoms. The quantitative estimate of drug-likeness (QED) is 0.455. The number of aryl methyl sites for hydroxylation is 2. The number of anilines is 1. The molecule has 0 spiro atoms. The van der Waals surface area contributed by atoms with Crippen molar-refractivity contribution in [2.45, 2.75) is 26.7 Å². The molecule has 1 aromatic heterocycles. The maximum atomic E-state index is 12.2. The third-order valence-corrected chi connectivity index (χ3v) is 5.41. The zero-order valence-electron chi connectivity index (χ0n) is 15.3.